The Kier molecular flexibility index (Phi) is 5.30. The molecule has 0 aliphatic carbocycles. The minimum absolute atomic E-state index is 0.597. The van der Waals surface area contributed by atoms with Crippen molar-refractivity contribution in [1.82, 2.24) is 10.2 Å². The van der Waals surface area contributed by atoms with Crippen LogP contribution in [0.15, 0.2) is 71.4 Å². The van der Waals surface area contributed by atoms with Crippen molar-refractivity contribution in [3.63, 3.8) is 0 Å². The Morgan fingerprint density at radius 3 is 2.36 bits per heavy atom. The standard InChI is InChI=1S/C25H28N2S/c1-2-4-20(5-3-1)17-26-25-22-10-13-27(14-11-22)24(25)16-19-6-8-21(9-7-19)23-12-15-28-18-23/h1-9,12,15,18,22,24-26H,10-11,13-14,16-17H2. The van der Waals surface area contributed by atoms with Crippen molar-refractivity contribution in [2.24, 2.45) is 5.92 Å². The van der Waals surface area contributed by atoms with Crippen LogP contribution in [0.3, 0.4) is 0 Å². The van der Waals surface area contributed by atoms with Crippen LogP contribution >= 0.6 is 11.3 Å². The van der Waals surface area contributed by atoms with Crippen molar-refractivity contribution in [3.05, 3.63) is 82.6 Å². The van der Waals surface area contributed by atoms with Gasteiger partial charge in [-0.25, -0.2) is 0 Å². The third-order valence-electron chi connectivity index (χ3n) is 6.60. The first-order valence-corrected chi connectivity index (χ1v) is 11.4. The molecule has 2 bridgehead atoms. The van der Waals surface area contributed by atoms with E-state index in [1.165, 1.54) is 48.2 Å². The van der Waals surface area contributed by atoms with Gasteiger partial charge < -0.3 is 5.32 Å². The molecule has 6 rings (SSSR count). The molecule has 2 aromatic carbocycles. The second-order valence-corrected chi connectivity index (χ2v) is 9.03. The third kappa shape index (κ3) is 3.80. The summed E-state index contributed by atoms with van der Waals surface area (Å²) in [6, 6.07) is 23.5. The monoisotopic (exact) mass is 388 g/mol. The fraction of sp³-hybridized carbons (Fsp3) is 0.360. The Hall–Kier alpha value is -1.94. The molecule has 1 N–H and O–H groups in total. The largest absolute Gasteiger partial charge is 0.308 e. The average molecular weight is 389 g/mol. The lowest BCUT2D eigenvalue weighted by Crippen LogP contribution is -2.63. The zero-order valence-corrected chi connectivity index (χ0v) is 17.1. The van der Waals surface area contributed by atoms with Crippen LogP contribution in [0.1, 0.15) is 24.0 Å². The number of thiophene rings is 1. The summed E-state index contributed by atoms with van der Waals surface area (Å²) >= 11 is 1.76. The number of hydrogen-bond acceptors (Lipinski definition) is 3. The number of benzene rings is 2. The maximum absolute atomic E-state index is 3.93. The first kappa shape index (κ1) is 18.1. The van der Waals surface area contributed by atoms with Crippen LogP contribution in [0.4, 0.5) is 0 Å². The Labute approximate surface area is 172 Å². The van der Waals surface area contributed by atoms with Gasteiger partial charge in [-0.1, -0.05) is 54.6 Å². The lowest BCUT2D eigenvalue weighted by Gasteiger charge is -2.51. The van der Waals surface area contributed by atoms with Crippen molar-refractivity contribution in [3.8, 4) is 11.1 Å². The van der Waals surface area contributed by atoms with Gasteiger partial charge in [0.1, 0.15) is 0 Å². The van der Waals surface area contributed by atoms with E-state index in [0.717, 1.165) is 18.9 Å². The molecule has 0 spiro atoms. The second-order valence-electron chi connectivity index (χ2n) is 8.25. The third-order valence-corrected chi connectivity index (χ3v) is 7.29. The summed E-state index contributed by atoms with van der Waals surface area (Å²) in [4.78, 5) is 2.73. The molecule has 3 aromatic rings. The van der Waals surface area contributed by atoms with Gasteiger partial charge in [0.05, 0.1) is 0 Å². The highest BCUT2D eigenvalue weighted by Crippen LogP contribution is 2.34. The number of rotatable bonds is 6. The van der Waals surface area contributed by atoms with E-state index in [1.807, 2.05) is 0 Å². The fourth-order valence-electron chi connectivity index (χ4n) is 5.05. The van der Waals surface area contributed by atoms with E-state index in [-0.39, 0.29) is 0 Å². The van der Waals surface area contributed by atoms with Gasteiger partial charge in [-0.3, -0.25) is 4.90 Å². The summed E-state index contributed by atoms with van der Waals surface area (Å²) in [5, 5.41) is 8.31. The number of piperidine rings is 3. The highest BCUT2D eigenvalue weighted by Gasteiger charge is 2.41. The van der Waals surface area contributed by atoms with Gasteiger partial charge in [0.2, 0.25) is 0 Å². The highest BCUT2D eigenvalue weighted by molar-refractivity contribution is 7.08. The normalized spacial score (nSPS) is 26.4. The first-order chi connectivity index (χ1) is 13.9. The predicted molar refractivity (Wildman–Crippen MR) is 119 cm³/mol. The summed E-state index contributed by atoms with van der Waals surface area (Å²) in [6.45, 7) is 3.51. The Balaban J connectivity index is 1.30. The highest BCUT2D eigenvalue weighted by atomic mass is 32.1. The molecule has 144 valence electrons. The van der Waals surface area contributed by atoms with Gasteiger partial charge in [0.25, 0.3) is 0 Å². The summed E-state index contributed by atoms with van der Waals surface area (Å²) < 4.78 is 0. The molecule has 3 aliphatic heterocycles. The lowest BCUT2D eigenvalue weighted by atomic mass is 9.76. The number of fused-ring (bicyclic) bond motifs is 3. The van der Waals surface area contributed by atoms with E-state index < -0.39 is 0 Å². The van der Waals surface area contributed by atoms with Crippen LogP contribution in [0, 0.1) is 5.92 Å². The molecule has 3 saturated heterocycles. The molecule has 0 radical (unpaired) electrons. The van der Waals surface area contributed by atoms with Gasteiger partial charge in [-0.2, -0.15) is 11.3 Å². The van der Waals surface area contributed by atoms with Crippen LogP contribution in [0.25, 0.3) is 11.1 Å². The van der Waals surface area contributed by atoms with E-state index in [0.29, 0.717) is 12.1 Å². The van der Waals surface area contributed by atoms with Crippen molar-refractivity contribution < 1.29 is 0 Å². The Morgan fingerprint density at radius 2 is 1.64 bits per heavy atom. The maximum Gasteiger partial charge on any atom is 0.0292 e. The molecule has 1 aromatic heterocycles. The van der Waals surface area contributed by atoms with Crippen molar-refractivity contribution in [2.75, 3.05) is 13.1 Å². The van der Waals surface area contributed by atoms with Crippen molar-refractivity contribution in [1.29, 1.82) is 0 Å². The second kappa shape index (κ2) is 8.20. The van der Waals surface area contributed by atoms with Crippen LogP contribution in [-0.4, -0.2) is 30.1 Å². The SMILES string of the molecule is c1ccc(CNC2C3CCN(CC3)C2Cc2ccc(-c3ccsc3)cc2)cc1. The van der Waals surface area contributed by atoms with Crippen LogP contribution in [0.2, 0.25) is 0 Å². The van der Waals surface area contributed by atoms with Gasteiger partial charge in [-0.05, 0) is 77.4 Å². The molecule has 0 saturated carbocycles. The number of hydrogen-bond donors (Lipinski definition) is 1. The molecule has 3 fully saturated rings. The molecule has 2 nitrogen and oxygen atoms in total. The molecular formula is C25H28N2S. The van der Waals surface area contributed by atoms with E-state index >= 15 is 0 Å². The van der Waals surface area contributed by atoms with E-state index in [1.54, 1.807) is 11.3 Å². The van der Waals surface area contributed by atoms with Gasteiger partial charge in [-0.15, -0.1) is 0 Å². The van der Waals surface area contributed by atoms with E-state index in [4.69, 9.17) is 0 Å². The molecule has 28 heavy (non-hydrogen) atoms. The zero-order valence-electron chi connectivity index (χ0n) is 16.3. The lowest BCUT2D eigenvalue weighted by molar-refractivity contribution is 0.0127. The first-order valence-electron chi connectivity index (χ1n) is 10.5. The predicted octanol–water partition coefficient (Wildman–Crippen LogP) is 5.21. The molecular weight excluding hydrogens is 360 g/mol. The topological polar surface area (TPSA) is 15.3 Å². The minimum Gasteiger partial charge on any atom is -0.308 e. The fourth-order valence-corrected chi connectivity index (χ4v) is 5.71. The summed E-state index contributed by atoms with van der Waals surface area (Å²) in [6.07, 6.45) is 3.84. The molecule has 2 unspecified atom stereocenters. The quantitative estimate of drug-likeness (QED) is 0.623. The Morgan fingerprint density at radius 1 is 0.857 bits per heavy atom. The van der Waals surface area contributed by atoms with Crippen LogP contribution < -0.4 is 5.32 Å². The number of nitrogens with one attached hydrogen (secondary N) is 1. The summed E-state index contributed by atoms with van der Waals surface area (Å²) in [5.74, 6) is 0.823. The smallest absolute Gasteiger partial charge is 0.0292 e. The van der Waals surface area contributed by atoms with Gasteiger partial charge >= 0.3 is 0 Å². The van der Waals surface area contributed by atoms with E-state index in [2.05, 4.69) is 81.6 Å². The van der Waals surface area contributed by atoms with E-state index in [9.17, 15) is 0 Å². The number of nitrogens with zero attached hydrogens (tertiary/aromatic N) is 1. The molecule has 4 heterocycles. The molecule has 0 amide bonds. The Bertz CT molecular complexity index is 865. The molecule has 2 atom stereocenters. The zero-order chi connectivity index (χ0) is 18.8. The van der Waals surface area contributed by atoms with Gasteiger partial charge in [0, 0.05) is 18.6 Å². The summed E-state index contributed by atoms with van der Waals surface area (Å²) in [5.41, 5.74) is 5.51. The molecule has 3 heteroatoms. The van der Waals surface area contributed by atoms with Crippen molar-refractivity contribution >= 4 is 11.3 Å². The van der Waals surface area contributed by atoms with Gasteiger partial charge in [0.15, 0.2) is 0 Å². The average Bonchev–Trinajstić information content (AvgIpc) is 3.30. The van der Waals surface area contributed by atoms with Crippen molar-refractivity contribution in [2.45, 2.75) is 37.9 Å². The summed E-state index contributed by atoms with van der Waals surface area (Å²) in [7, 11) is 0. The van der Waals surface area contributed by atoms with Crippen LogP contribution in [0.5, 0.6) is 0 Å². The maximum atomic E-state index is 3.93. The van der Waals surface area contributed by atoms with Crippen LogP contribution in [-0.2, 0) is 13.0 Å². The minimum atomic E-state index is 0.597. The molecule has 3 aliphatic rings.